The molecule has 1 N–H and O–H groups in total. The van der Waals surface area contributed by atoms with Crippen LogP contribution in [0.3, 0.4) is 0 Å². The van der Waals surface area contributed by atoms with Gasteiger partial charge in [-0.1, -0.05) is 30.3 Å². The van der Waals surface area contributed by atoms with Gasteiger partial charge in [0.25, 0.3) is 17.7 Å². The number of fused-ring (bicyclic) bond motifs is 1. The van der Waals surface area contributed by atoms with Crippen molar-refractivity contribution >= 4 is 23.4 Å². The van der Waals surface area contributed by atoms with Crippen molar-refractivity contribution in [3.05, 3.63) is 101 Å². The van der Waals surface area contributed by atoms with Gasteiger partial charge >= 0.3 is 0 Å². The topological polar surface area (TPSA) is 66.5 Å². The highest BCUT2D eigenvalue weighted by atomic mass is 19.2. The minimum atomic E-state index is -1.09. The summed E-state index contributed by atoms with van der Waals surface area (Å²) in [6, 6.07) is 16.2. The van der Waals surface area contributed by atoms with Crippen LogP contribution in [0.2, 0.25) is 0 Å². The van der Waals surface area contributed by atoms with Crippen molar-refractivity contribution in [3.63, 3.8) is 0 Å². The molecule has 1 heterocycles. The van der Waals surface area contributed by atoms with Gasteiger partial charge in [0.1, 0.15) is 0 Å². The molecule has 3 aromatic carbocycles. The van der Waals surface area contributed by atoms with Crippen LogP contribution in [-0.4, -0.2) is 22.6 Å². The Labute approximate surface area is 164 Å². The number of nitrogens with one attached hydrogen (secondary N) is 1. The van der Waals surface area contributed by atoms with E-state index in [9.17, 15) is 23.2 Å². The highest BCUT2D eigenvalue weighted by Gasteiger charge is 2.36. The van der Waals surface area contributed by atoms with Gasteiger partial charge < -0.3 is 5.32 Å². The molecule has 144 valence electrons. The van der Waals surface area contributed by atoms with Crippen molar-refractivity contribution in [2.45, 2.75) is 6.54 Å². The summed E-state index contributed by atoms with van der Waals surface area (Å²) in [5, 5.41) is 2.44. The van der Waals surface area contributed by atoms with E-state index in [2.05, 4.69) is 5.32 Å². The normalized spacial score (nSPS) is 12.8. The van der Waals surface area contributed by atoms with Gasteiger partial charge in [-0.2, -0.15) is 0 Å². The predicted molar refractivity (Wildman–Crippen MR) is 101 cm³/mol. The lowest BCUT2D eigenvalue weighted by Gasteiger charge is -2.13. The Morgan fingerprint density at radius 3 is 2.28 bits per heavy atom. The third-order valence-electron chi connectivity index (χ3n) is 4.59. The van der Waals surface area contributed by atoms with E-state index in [1.807, 2.05) is 30.3 Å². The maximum atomic E-state index is 13.3. The number of benzene rings is 3. The summed E-state index contributed by atoms with van der Waals surface area (Å²) in [7, 11) is 0. The molecule has 0 spiro atoms. The number of halogens is 2. The maximum absolute atomic E-state index is 13.3. The molecule has 0 saturated heterocycles. The van der Waals surface area contributed by atoms with Gasteiger partial charge in [-0.25, -0.2) is 8.78 Å². The van der Waals surface area contributed by atoms with Gasteiger partial charge in [0, 0.05) is 17.3 Å². The summed E-state index contributed by atoms with van der Waals surface area (Å²) in [6.07, 6.45) is 0. The van der Waals surface area contributed by atoms with Gasteiger partial charge in [-0.05, 0) is 35.9 Å². The number of hydrogen-bond donors (Lipinski definition) is 1. The summed E-state index contributed by atoms with van der Waals surface area (Å²) in [6.45, 7) is 0.129. The summed E-state index contributed by atoms with van der Waals surface area (Å²) in [5.74, 6) is -3.64. The van der Waals surface area contributed by atoms with E-state index in [4.69, 9.17) is 0 Å². The fourth-order valence-corrected chi connectivity index (χ4v) is 3.12. The van der Waals surface area contributed by atoms with Crippen LogP contribution in [0.25, 0.3) is 0 Å². The molecule has 0 aromatic heterocycles. The van der Waals surface area contributed by atoms with Crippen molar-refractivity contribution in [1.82, 2.24) is 4.90 Å². The van der Waals surface area contributed by atoms with Crippen molar-refractivity contribution in [2.75, 3.05) is 5.32 Å². The van der Waals surface area contributed by atoms with E-state index in [1.165, 1.54) is 24.3 Å². The van der Waals surface area contributed by atoms with E-state index in [-0.39, 0.29) is 28.9 Å². The standard InChI is InChI=1S/C22H14F2N2O3/c23-18-9-7-15(11-19(18)24)25-20(27)14-6-8-16-17(10-14)22(29)26(21(16)28)12-13-4-2-1-3-5-13/h1-11H,12H2,(H,25,27). The maximum Gasteiger partial charge on any atom is 0.261 e. The number of carbonyl (C=O) groups excluding carboxylic acids is 3. The lowest BCUT2D eigenvalue weighted by molar-refractivity contribution is 0.0642. The van der Waals surface area contributed by atoms with Crippen LogP contribution in [-0.2, 0) is 6.54 Å². The molecule has 7 heteroatoms. The monoisotopic (exact) mass is 392 g/mol. The first-order chi connectivity index (χ1) is 13.9. The van der Waals surface area contributed by atoms with Gasteiger partial charge in [0.05, 0.1) is 17.7 Å². The SMILES string of the molecule is O=C(Nc1ccc(F)c(F)c1)c1ccc2c(c1)C(=O)N(Cc1ccccc1)C2=O. The zero-order valence-electron chi connectivity index (χ0n) is 15.0. The van der Waals surface area contributed by atoms with E-state index < -0.39 is 29.4 Å². The van der Waals surface area contributed by atoms with Crippen LogP contribution >= 0.6 is 0 Å². The smallest absolute Gasteiger partial charge is 0.261 e. The average molecular weight is 392 g/mol. The van der Waals surface area contributed by atoms with E-state index >= 15 is 0 Å². The minimum absolute atomic E-state index is 0.0718. The zero-order valence-corrected chi connectivity index (χ0v) is 15.0. The second-order valence-electron chi connectivity index (χ2n) is 6.53. The average Bonchev–Trinajstić information content (AvgIpc) is 2.96. The van der Waals surface area contributed by atoms with Crippen LogP contribution in [0.4, 0.5) is 14.5 Å². The summed E-state index contributed by atoms with van der Waals surface area (Å²) >= 11 is 0. The van der Waals surface area contributed by atoms with Crippen LogP contribution in [0.5, 0.6) is 0 Å². The van der Waals surface area contributed by atoms with Gasteiger partial charge in [-0.3, -0.25) is 19.3 Å². The molecule has 5 nitrogen and oxygen atoms in total. The number of amides is 3. The Hall–Kier alpha value is -3.87. The molecule has 0 bridgehead atoms. The van der Waals surface area contributed by atoms with Crippen LogP contribution < -0.4 is 5.32 Å². The Balaban J connectivity index is 1.56. The number of hydrogen-bond acceptors (Lipinski definition) is 3. The molecule has 0 radical (unpaired) electrons. The lowest BCUT2D eigenvalue weighted by atomic mass is 10.1. The van der Waals surface area contributed by atoms with Crippen molar-refractivity contribution < 1.29 is 23.2 Å². The molecule has 4 rings (SSSR count). The molecular weight excluding hydrogens is 378 g/mol. The minimum Gasteiger partial charge on any atom is -0.322 e. The Morgan fingerprint density at radius 1 is 0.828 bits per heavy atom. The van der Waals surface area contributed by atoms with Crippen LogP contribution in [0.1, 0.15) is 36.6 Å². The highest BCUT2D eigenvalue weighted by Crippen LogP contribution is 2.26. The zero-order chi connectivity index (χ0) is 20.5. The number of nitrogens with zero attached hydrogens (tertiary/aromatic N) is 1. The first-order valence-electron chi connectivity index (χ1n) is 8.74. The van der Waals surface area contributed by atoms with Crippen LogP contribution in [0, 0.1) is 11.6 Å². The van der Waals surface area contributed by atoms with E-state index in [0.29, 0.717) is 0 Å². The quantitative estimate of drug-likeness (QED) is 0.682. The second-order valence-corrected chi connectivity index (χ2v) is 6.53. The molecule has 0 saturated carbocycles. The second kappa shape index (κ2) is 7.27. The fourth-order valence-electron chi connectivity index (χ4n) is 3.12. The Morgan fingerprint density at radius 2 is 1.55 bits per heavy atom. The van der Waals surface area contributed by atoms with Crippen molar-refractivity contribution in [2.24, 2.45) is 0 Å². The fraction of sp³-hybridized carbons (Fsp3) is 0.0455. The molecule has 1 aliphatic heterocycles. The van der Waals surface area contributed by atoms with Crippen molar-refractivity contribution in [1.29, 1.82) is 0 Å². The highest BCUT2D eigenvalue weighted by molar-refractivity contribution is 6.22. The number of rotatable bonds is 4. The largest absolute Gasteiger partial charge is 0.322 e. The molecular formula is C22H14F2N2O3. The molecule has 29 heavy (non-hydrogen) atoms. The van der Waals surface area contributed by atoms with Crippen LogP contribution in [0.15, 0.2) is 66.7 Å². The lowest BCUT2D eigenvalue weighted by Crippen LogP contribution is -2.29. The van der Waals surface area contributed by atoms with Gasteiger partial charge in [-0.15, -0.1) is 0 Å². The molecule has 0 unspecified atom stereocenters. The van der Waals surface area contributed by atoms with E-state index in [0.717, 1.165) is 22.6 Å². The summed E-state index contributed by atoms with van der Waals surface area (Å²) in [4.78, 5) is 38.8. The third-order valence-corrected chi connectivity index (χ3v) is 4.59. The van der Waals surface area contributed by atoms with Crippen molar-refractivity contribution in [3.8, 4) is 0 Å². The molecule has 0 atom stereocenters. The summed E-state index contributed by atoms with van der Waals surface area (Å²) in [5.41, 5.74) is 1.34. The molecule has 3 amide bonds. The van der Waals surface area contributed by atoms with Gasteiger partial charge in [0.15, 0.2) is 11.6 Å². The first kappa shape index (κ1) is 18.5. The number of anilines is 1. The van der Waals surface area contributed by atoms with Gasteiger partial charge in [0.2, 0.25) is 0 Å². The Bertz CT molecular complexity index is 1150. The molecule has 1 aliphatic rings. The number of carbonyl (C=O) groups is 3. The third kappa shape index (κ3) is 3.50. The Kier molecular flexibility index (Phi) is 4.64. The molecule has 0 fully saturated rings. The van der Waals surface area contributed by atoms with E-state index in [1.54, 1.807) is 0 Å². The predicted octanol–water partition coefficient (Wildman–Crippen LogP) is 4.01. The number of imide groups is 1. The molecule has 0 aliphatic carbocycles. The molecule has 3 aromatic rings. The first-order valence-corrected chi connectivity index (χ1v) is 8.74. The summed E-state index contributed by atoms with van der Waals surface area (Å²) < 4.78 is 26.3.